The van der Waals surface area contributed by atoms with E-state index in [1.165, 1.54) is 5.57 Å². The topological polar surface area (TPSA) is 466 Å². The minimum atomic E-state index is -2.07. The molecule has 496 valence electrons. The number of fused-ring (bicyclic) bond motifs is 7. The first-order chi connectivity index (χ1) is 40.8. The fourth-order valence-electron chi connectivity index (χ4n) is 16.5. The van der Waals surface area contributed by atoms with E-state index in [0.29, 0.717) is 43.4 Å². The van der Waals surface area contributed by atoms with Gasteiger partial charge in [0.1, 0.15) is 122 Å². The van der Waals surface area contributed by atoms with Crippen molar-refractivity contribution in [2.45, 2.75) is 257 Å². The van der Waals surface area contributed by atoms with Gasteiger partial charge >= 0.3 is 0 Å². The zero-order chi connectivity index (χ0) is 62.2. The molecule has 18 N–H and O–H groups in total. The lowest BCUT2D eigenvalue weighted by Crippen LogP contribution is -2.68. The molecule has 86 heavy (non-hydrogen) atoms. The van der Waals surface area contributed by atoms with Crippen molar-refractivity contribution < 1.29 is 144 Å². The Labute approximate surface area is 497 Å². The van der Waals surface area contributed by atoms with Crippen LogP contribution in [0.5, 0.6) is 0 Å². The molecular weight excluding hydrogens is 1150 g/mol. The van der Waals surface area contributed by atoms with Crippen LogP contribution in [0, 0.1) is 46.3 Å². The summed E-state index contributed by atoms with van der Waals surface area (Å²) in [6.45, 7) is 4.71. The van der Waals surface area contributed by atoms with Crippen molar-refractivity contribution in [2.24, 2.45) is 46.3 Å². The van der Waals surface area contributed by atoms with Crippen LogP contribution in [0.25, 0.3) is 0 Å². The number of allylic oxidation sites excluding steroid dienone is 1. The third-order valence-electron chi connectivity index (χ3n) is 21.7. The monoisotopic (exact) mass is 1240 g/mol. The fourth-order valence-corrected chi connectivity index (χ4v) is 16.5. The third-order valence-corrected chi connectivity index (χ3v) is 21.7. The van der Waals surface area contributed by atoms with E-state index in [4.69, 9.17) is 52.1 Å². The number of aliphatic hydroxyl groups excluding tert-OH is 17. The quantitative estimate of drug-likeness (QED) is 0.0535. The molecule has 29 heteroatoms. The summed E-state index contributed by atoms with van der Waals surface area (Å²) in [7, 11) is 0. The Balaban J connectivity index is 0.779. The van der Waals surface area contributed by atoms with E-state index in [1.807, 2.05) is 6.92 Å². The number of hydrogen-bond acceptors (Lipinski definition) is 29. The Kier molecular flexibility index (Phi) is 21.1. The maximum absolute atomic E-state index is 12.1. The number of rotatable bonds is 19. The van der Waals surface area contributed by atoms with E-state index in [0.717, 1.165) is 32.1 Å². The Bertz CT molecular complexity index is 2250. The first-order valence-electron chi connectivity index (χ1n) is 30.6. The number of hydrogen-bond donors (Lipinski definition) is 18. The minimum absolute atomic E-state index is 0.0949. The molecule has 0 radical (unpaired) electrons. The van der Waals surface area contributed by atoms with Crippen LogP contribution in [0.2, 0.25) is 0 Å². The summed E-state index contributed by atoms with van der Waals surface area (Å²) in [5, 5.41) is 193. The summed E-state index contributed by atoms with van der Waals surface area (Å²) in [6, 6.07) is 0. The van der Waals surface area contributed by atoms with Crippen molar-refractivity contribution >= 4 is 0 Å². The Morgan fingerprint density at radius 3 is 1.60 bits per heavy atom. The summed E-state index contributed by atoms with van der Waals surface area (Å²) in [4.78, 5) is 0. The highest BCUT2D eigenvalue weighted by atomic mass is 16.8. The molecule has 0 amide bonds. The first kappa shape index (κ1) is 67.5. The van der Waals surface area contributed by atoms with Crippen molar-refractivity contribution in [1.82, 2.24) is 0 Å². The van der Waals surface area contributed by atoms with Gasteiger partial charge < -0.3 is 144 Å². The van der Waals surface area contributed by atoms with Crippen LogP contribution < -0.4 is 0 Å². The molecule has 0 spiro atoms. The van der Waals surface area contributed by atoms with Gasteiger partial charge in [-0.3, -0.25) is 0 Å². The lowest BCUT2D eigenvalue weighted by atomic mass is 9.47. The van der Waals surface area contributed by atoms with Crippen LogP contribution in [0.1, 0.15) is 85.5 Å². The second kappa shape index (κ2) is 26.9. The van der Waals surface area contributed by atoms with Gasteiger partial charge in [-0.05, 0) is 91.8 Å². The molecule has 6 heterocycles. The average Bonchev–Trinajstić information content (AvgIpc) is 1.54. The van der Waals surface area contributed by atoms with Crippen LogP contribution in [0.3, 0.4) is 0 Å². The fraction of sp³-hybridized carbons (Fsp3) is 0.965. The first-order valence-corrected chi connectivity index (χ1v) is 30.6. The lowest BCUT2D eigenvalue weighted by Gasteiger charge is -2.58. The highest BCUT2D eigenvalue weighted by Crippen LogP contribution is 2.70. The maximum Gasteiger partial charge on any atom is 0.187 e. The summed E-state index contributed by atoms with van der Waals surface area (Å²) in [6.07, 6.45) is -35.6. The normalized spacial score (nSPS) is 54.3. The highest BCUT2D eigenvalue weighted by Gasteiger charge is 2.68. The van der Waals surface area contributed by atoms with Gasteiger partial charge in [-0.2, -0.15) is 0 Å². The SMILES string of the molecule is C[C@H](CC[C@@]1(O)O[C@H]2C[C@H]3[C@@H]4CC=C5C[C@@H](O[C@@H]6O[C@H](CO)[C@H](O[C@@H]7O[C@H](CO)[C@@H](O)[C@H](O[C@@H]8O[C@H](CO)[C@@H](O)[C@H](O)C8O)[C@H]7O[C@@H]7O[C@H](CO)[C@@H](O)[C@H](O)[C@H]7O)[C@H](O)[C@H]6O)CC[C@]5(C)[C@H]4CC[C@]3(C)[C@H]2[C@@H]1C)CO[C@@H]1O[C@H](CO)[C@@H](O)[C@H](O)[C@H]1O. The van der Waals surface area contributed by atoms with Gasteiger partial charge in [-0.25, -0.2) is 0 Å². The van der Waals surface area contributed by atoms with Gasteiger partial charge in [-0.1, -0.05) is 39.3 Å². The summed E-state index contributed by atoms with van der Waals surface area (Å²) in [5.41, 5.74) is 0.939. The van der Waals surface area contributed by atoms with E-state index < -0.39 is 198 Å². The van der Waals surface area contributed by atoms with Crippen molar-refractivity contribution in [3.63, 3.8) is 0 Å². The molecule has 0 aromatic rings. The van der Waals surface area contributed by atoms with E-state index in [2.05, 4.69) is 26.8 Å². The van der Waals surface area contributed by atoms with Crippen molar-refractivity contribution in [1.29, 1.82) is 0 Å². The van der Waals surface area contributed by atoms with E-state index in [-0.39, 0.29) is 41.3 Å². The summed E-state index contributed by atoms with van der Waals surface area (Å²) < 4.78 is 65.9. The second-order valence-corrected chi connectivity index (χ2v) is 26.6. The van der Waals surface area contributed by atoms with Crippen LogP contribution in [-0.4, -0.2) is 303 Å². The molecular formula is C57H94O29. The minimum Gasteiger partial charge on any atom is -0.394 e. The largest absolute Gasteiger partial charge is 0.394 e. The molecule has 0 bridgehead atoms. The Morgan fingerprint density at radius 2 is 1.02 bits per heavy atom. The molecule has 6 saturated heterocycles. The van der Waals surface area contributed by atoms with Gasteiger partial charge in [0, 0.05) is 12.3 Å². The van der Waals surface area contributed by atoms with E-state index >= 15 is 0 Å². The van der Waals surface area contributed by atoms with Crippen LogP contribution in [-0.2, 0) is 52.1 Å². The molecule has 0 aromatic carbocycles. The summed E-state index contributed by atoms with van der Waals surface area (Å²) >= 11 is 0. The van der Waals surface area contributed by atoms with E-state index in [9.17, 15) is 91.9 Å². The van der Waals surface area contributed by atoms with E-state index in [1.54, 1.807) is 0 Å². The van der Waals surface area contributed by atoms with Crippen LogP contribution in [0.4, 0.5) is 0 Å². The molecule has 10 aliphatic rings. The smallest absolute Gasteiger partial charge is 0.187 e. The standard InChI is InChI=1S/C57H94O29/c1-21(20-76-50-43(71)39(67)35(63)29(15-58)78-50)7-12-57(75)22(2)34-28(86-57)14-27-25-6-5-23-13-24(8-10-55(23,3)26(25)9-11-56(27,34)4)77-51-46(74)42(70)47(33(19-62)82-51)83-54-49(85-53-45(73)41(69)37(65)31(17-60)80-53)48(38(66)32(18-61)81-54)84-52-44(72)40(68)36(64)30(16-59)79-52/h5,21-22,24-54,58-75H,6-20H2,1-4H3/t21-,22+,24+,25-,26+,27+,28+,29-,30-,31-,32-,33-,34+,35-,36-,37-,38-,39+,40+,41+,42-,43-,44?,45-,46-,47+,48+,49-,50-,51-,52+,53+,54+,55+,56+,57-/m1/s1. The molecule has 36 atom stereocenters. The Hall–Kier alpha value is -1.42. The molecule has 3 saturated carbocycles. The van der Waals surface area contributed by atoms with Gasteiger partial charge in [0.15, 0.2) is 37.2 Å². The van der Waals surface area contributed by atoms with Gasteiger partial charge in [-0.15, -0.1) is 0 Å². The van der Waals surface area contributed by atoms with Crippen molar-refractivity contribution in [2.75, 3.05) is 39.6 Å². The van der Waals surface area contributed by atoms with Crippen LogP contribution >= 0.6 is 0 Å². The molecule has 9 fully saturated rings. The van der Waals surface area contributed by atoms with Gasteiger partial charge in [0.25, 0.3) is 0 Å². The lowest BCUT2D eigenvalue weighted by molar-refractivity contribution is -0.406. The molecule has 10 rings (SSSR count). The predicted molar refractivity (Wildman–Crippen MR) is 284 cm³/mol. The molecule has 1 unspecified atom stereocenters. The van der Waals surface area contributed by atoms with Gasteiger partial charge in [0.2, 0.25) is 0 Å². The zero-order valence-corrected chi connectivity index (χ0v) is 48.8. The average molecular weight is 1240 g/mol. The zero-order valence-electron chi connectivity index (χ0n) is 48.8. The maximum atomic E-state index is 12.1. The van der Waals surface area contributed by atoms with Crippen LogP contribution in [0.15, 0.2) is 11.6 Å². The Morgan fingerprint density at radius 1 is 0.535 bits per heavy atom. The van der Waals surface area contributed by atoms with Gasteiger partial charge in [0.05, 0.1) is 51.8 Å². The highest BCUT2D eigenvalue weighted by molar-refractivity contribution is 5.26. The molecule has 0 aromatic heterocycles. The number of ether oxygens (including phenoxy) is 11. The van der Waals surface area contributed by atoms with Crippen molar-refractivity contribution in [3.8, 4) is 0 Å². The second-order valence-electron chi connectivity index (χ2n) is 26.6. The third kappa shape index (κ3) is 12.3. The molecule has 29 nitrogen and oxygen atoms in total. The van der Waals surface area contributed by atoms with Crippen molar-refractivity contribution in [3.05, 3.63) is 11.6 Å². The molecule has 4 aliphatic carbocycles. The number of aliphatic hydroxyl groups is 18. The predicted octanol–water partition coefficient (Wildman–Crippen LogP) is -6.21. The molecule has 6 aliphatic heterocycles. The summed E-state index contributed by atoms with van der Waals surface area (Å²) in [5.74, 6) is -0.470.